The molecule has 22 nitrogen and oxygen atoms in total. The SMILES string of the molecule is CC(N)C(=O)NC(C)C(=O)N1CC(Oc2ccc3c(c2C(=O)O)O[B-](O)(O)CC3)C1.CC(N)C(=O)NC(C)C(=O)N1CC(Oc2ccc3c(c2C(=O)O)O[B-](O)(O)CC3)C1.[Na+].[Na+]. The number of nitrogens with zero attached hydrogens (tertiary/aromatic N) is 2. The first-order valence-electron chi connectivity index (χ1n) is 19.4. The second-order valence-electron chi connectivity index (χ2n) is 15.5. The Kier molecular flexibility index (Phi) is 18.1. The van der Waals surface area contributed by atoms with Crippen molar-refractivity contribution in [3.05, 3.63) is 46.5 Å². The van der Waals surface area contributed by atoms with Gasteiger partial charge in [0.25, 0.3) is 0 Å². The Balaban J connectivity index is 0.000000320. The van der Waals surface area contributed by atoms with Gasteiger partial charge in [-0.2, -0.15) is 0 Å². The average Bonchev–Trinajstić information content (AvgIpc) is 3.12. The zero-order chi connectivity index (χ0) is 44.4. The summed E-state index contributed by atoms with van der Waals surface area (Å²) < 4.78 is 21.7. The molecule has 0 saturated carbocycles. The first kappa shape index (κ1) is 52.7. The number of carboxylic acids is 2. The van der Waals surface area contributed by atoms with Gasteiger partial charge in [0.05, 0.1) is 49.8 Å². The van der Waals surface area contributed by atoms with Crippen LogP contribution in [0.3, 0.4) is 0 Å². The number of likely N-dealkylation sites (tertiary alicyclic amines) is 2. The maximum atomic E-state index is 12.4. The molecule has 26 heteroatoms. The first-order chi connectivity index (χ1) is 28.0. The topological polar surface area (TPSA) is 343 Å². The molecule has 4 aliphatic heterocycles. The van der Waals surface area contributed by atoms with Crippen molar-refractivity contribution in [1.29, 1.82) is 0 Å². The van der Waals surface area contributed by atoms with E-state index in [0.717, 1.165) is 0 Å². The molecule has 4 heterocycles. The predicted molar refractivity (Wildman–Crippen MR) is 210 cm³/mol. The molecule has 0 bridgehead atoms. The molecule has 2 fully saturated rings. The molecule has 328 valence electrons. The van der Waals surface area contributed by atoms with Gasteiger partial charge in [-0.15, -0.1) is 0 Å². The number of hydrogen-bond donors (Lipinski definition) is 10. The van der Waals surface area contributed by atoms with E-state index in [2.05, 4.69) is 10.6 Å². The van der Waals surface area contributed by atoms with E-state index in [0.29, 0.717) is 11.1 Å². The van der Waals surface area contributed by atoms with Gasteiger partial charge in [-0.25, -0.2) is 9.59 Å². The number of hydrogen-bond acceptors (Lipinski definition) is 16. The van der Waals surface area contributed by atoms with Crippen molar-refractivity contribution in [3.8, 4) is 23.0 Å². The normalized spacial score (nSPS) is 18.9. The Morgan fingerprint density at radius 3 is 1.26 bits per heavy atom. The van der Waals surface area contributed by atoms with Crippen LogP contribution in [0.4, 0.5) is 0 Å². The van der Waals surface area contributed by atoms with Crippen LogP contribution in [0.1, 0.15) is 59.5 Å². The van der Waals surface area contributed by atoms with Gasteiger partial charge in [-0.3, -0.25) is 19.2 Å². The number of fused-ring (bicyclic) bond motifs is 2. The van der Waals surface area contributed by atoms with Crippen LogP contribution >= 0.6 is 0 Å². The second kappa shape index (κ2) is 21.4. The zero-order valence-corrected chi connectivity index (χ0v) is 39.4. The molecule has 4 aliphatic rings. The molecule has 0 spiro atoms. The molecule has 0 aromatic heterocycles. The molecular weight excluding hydrogens is 840 g/mol. The van der Waals surface area contributed by atoms with Gasteiger partial charge in [0.2, 0.25) is 23.6 Å². The van der Waals surface area contributed by atoms with Crippen LogP contribution in [0, 0.1) is 0 Å². The minimum atomic E-state index is -3.12. The second-order valence-corrected chi connectivity index (χ2v) is 15.5. The van der Waals surface area contributed by atoms with E-state index in [-0.39, 0.29) is 157 Å². The summed E-state index contributed by atoms with van der Waals surface area (Å²) in [6, 6.07) is 3.27. The Morgan fingerprint density at radius 1 is 0.645 bits per heavy atom. The summed E-state index contributed by atoms with van der Waals surface area (Å²) in [5, 5.41) is 63.4. The van der Waals surface area contributed by atoms with E-state index in [9.17, 15) is 59.1 Å². The molecule has 4 amide bonds. The van der Waals surface area contributed by atoms with Crippen LogP contribution in [-0.2, 0) is 32.0 Å². The van der Waals surface area contributed by atoms with Crippen molar-refractivity contribution in [1.82, 2.24) is 20.4 Å². The van der Waals surface area contributed by atoms with Gasteiger partial charge in [-0.1, -0.05) is 24.8 Å². The summed E-state index contributed by atoms with van der Waals surface area (Å²) in [7, 11) is 0. The van der Waals surface area contributed by atoms with E-state index in [1.165, 1.54) is 35.8 Å². The van der Waals surface area contributed by atoms with E-state index in [4.69, 9.17) is 30.2 Å². The molecule has 4 unspecified atom stereocenters. The predicted octanol–water partition coefficient (Wildman–Crippen LogP) is -8.62. The van der Waals surface area contributed by atoms with Crippen molar-refractivity contribution >= 4 is 49.1 Å². The molecule has 2 saturated heterocycles. The largest absolute Gasteiger partial charge is 1.00 e. The summed E-state index contributed by atoms with van der Waals surface area (Å²) in [4.78, 5) is 74.5. The molecule has 2 aromatic carbocycles. The van der Waals surface area contributed by atoms with Gasteiger partial charge in [0, 0.05) is 0 Å². The van der Waals surface area contributed by atoms with Crippen LogP contribution in [0.2, 0.25) is 12.6 Å². The minimum absolute atomic E-state index is 0. The summed E-state index contributed by atoms with van der Waals surface area (Å²) >= 11 is 0. The number of rotatable bonds is 12. The third-order valence-corrected chi connectivity index (χ3v) is 10.2. The number of carbonyl (C=O) groups excluding carboxylic acids is 4. The smallest absolute Gasteiger partial charge is 0.669 e. The van der Waals surface area contributed by atoms with Crippen molar-refractivity contribution in [2.75, 3.05) is 26.2 Å². The number of carboxylic acid groups (broad SMARTS) is 2. The Hall–Kier alpha value is -3.65. The van der Waals surface area contributed by atoms with Gasteiger partial charge in [0.15, 0.2) is 0 Å². The van der Waals surface area contributed by atoms with E-state index in [1.54, 1.807) is 26.0 Å². The maximum absolute atomic E-state index is 12.4. The van der Waals surface area contributed by atoms with Crippen molar-refractivity contribution in [2.45, 2.75) is 89.6 Å². The van der Waals surface area contributed by atoms with Crippen LogP contribution in [0.5, 0.6) is 23.0 Å². The Bertz CT molecular complexity index is 1890. The third-order valence-electron chi connectivity index (χ3n) is 10.2. The molecule has 2 aromatic rings. The van der Waals surface area contributed by atoms with E-state index in [1.807, 2.05) is 0 Å². The quantitative estimate of drug-likeness (QED) is 0.0885. The fourth-order valence-electron chi connectivity index (χ4n) is 6.77. The molecular formula is C36H50B2N6Na2O16. The molecule has 0 aliphatic carbocycles. The number of aromatic carboxylic acids is 2. The maximum Gasteiger partial charge on any atom is 1.00 e. The molecule has 6 rings (SSSR count). The number of amides is 4. The van der Waals surface area contributed by atoms with Crippen molar-refractivity contribution in [2.24, 2.45) is 11.5 Å². The average molecular weight is 890 g/mol. The third kappa shape index (κ3) is 12.8. The van der Waals surface area contributed by atoms with E-state index >= 15 is 0 Å². The summed E-state index contributed by atoms with van der Waals surface area (Å²) in [5.74, 6) is -4.32. The molecule has 4 atom stereocenters. The zero-order valence-electron chi connectivity index (χ0n) is 35.4. The monoisotopic (exact) mass is 890 g/mol. The summed E-state index contributed by atoms with van der Waals surface area (Å²) in [5.41, 5.74) is 11.5. The van der Waals surface area contributed by atoms with Gasteiger partial charge >= 0.3 is 84.6 Å². The minimum Gasteiger partial charge on any atom is -0.669 e. The van der Waals surface area contributed by atoms with E-state index < -0.39 is 73.6 Å². The van der Waals surface area contributed by atoms with Crippen LogP contribution in [0.25, 0.3) is 0 Å². The Labute approximate surface area is 400 Å². The number of nitrogens with one attached hydrogen (secondary N) is 2. The molecule has 62 heavy (non-hydrogen) atoms. The standard InChI is InChI=1S/2C18H25BN3O8.2Na/c2*1-9(20)16(23)21-10(2)17(24)22-7-12(8-22)29-13-4-3-11-5-6-19(27,28)30-15(11)14(13)18(25)26;;/h2*3-4,9-10,12,27-28H,5-8,20H2,1-2H3,(H,21,23)(H,25,26);;/q2*-1;2*+1. The van der Waals surface area contributed by atoms with Gasteiger partial charge in [-0.05, 0) is 63.8 Å². The number of ether oxygens (including phenoxy) is 2. The Morgan fingerprint density at radius 2 is 0.968 bits per heavy atom. The fraction of sp³-hybridized carbons (Fsp3) is 0.500. The summed E-state index contributed by atoms with van der Waals surface area (Å²) in [6.07, 6.45) is -0.431. The summed E-state index contributed by atoms with van der Waals surface area (Å²) in [6.45, 7) is 0.730. The first-order valence-corrected chi connectivity index (χ1v) is 19.4. The van der Waals surface area contributed by atoms with Crippen molar-refractivity contribution in [3.63, 3.8) is 0 Å². The molecule has 12 N–H and O–H groups in total. The van der Waals surface area contributed by atoms with Crippen LogP contribution < -0.4 is 100.0 Å². The number of nitrogens with two attached hydrogens (primary N) is 2. The number of aryl methyl sites for hydroxylation is 2. The number of benzene rings is 2. The van der Waals surface area contributed by atoms with Gasteiger partial charge < -0.3 is 81.0 Å². The molecule has 0 radical (unpaired) electrons. The van der Waals surface area contributed by atoms with Gasteiger partial charge in [0.1, 0.15) is 46.9 Å². The van der Waals surface area contributed by atoms with Crippen LogP contribution in [0.15, 0.2) is 24.3 Å². The van der Waals surface area contributed by atoms with Crippen molar-refractivity contribution < 1.29 is 137 Å². The number of carbonyl (C=O) groups is 6. The van der Waals surface area contributed by atoms with Crippen LogP contribution in [-0.4, -0.2) is 152 Å². The fourth-order valence-corrected chi connectivity index (χ4v) is 6.77.